The highest BCUT2D eigenvalue weighted by Gasteiger charge is 2.14. The second-order valence-corrected chi connectivity index (χ2v) is 4.01. The molecule has 0 aromatic heterocycles. The molecule has 0 amide bonds. The van der Waals surface area contributed by atoms with Crippen LogP contribution in [0, 0.1) is 11.6 Å². The molecule has 1 unspecified atom stereocenters. The third-order valence-electron chi connectivity index (χ3n) is 2.74. The van der Waals surface area contributed by atoms with Crippen LogP contribution in [0.25, 0.3) is 0 Å². The third-order valence-corrected chi connectivity index (χ3v) is 2.74. The van der Waals surface area contributed by atoms with Gasteiger partial charge in [-0.05, 0) is 31.4 Å². The summed E-state index contributed by atoms with van der Waals surface area (Å²) in [4.78, 5) is 0. The molecule has 1 fully saturated rings. The molecule has 1 atom stereocenters. The lowest BCUT2D eigenvalue weighted by molar-refractivity contribution is 0.144. The lowest BCUT2D eigenvalue weighted by Crippen LogP contribution is -2.20. The van der Waals surface area contributed by atoms with Gasteiger partial charge in [-0.25, -0.2) is 8.78 Å². The Balaban J connectivity index is 2.01. The summed E-state index contributed by atoms with van der Waals surface area (Å²) in [5.41, 5.74) is 0.369. The van der Waals surface area contributed by atoms with E-state index in [-0.39, 0.29) is 6.04 Å². The molecule has 1 heterocycles. The van der Waals surface area contributed by atoms with Crippen LogP contribution in [0.1, 0.15) is 19.3 Å². The Hall–Kier alpha value is -1.16. The van der Waals surface area contributed by atoms with Crippen molar-refractivity contribution in [3.63, 3.8) is 0 Å². The minimum Gasteiger partial charge on any atom is -0.381 e. The molecule has 16 heavy (non-hydrogen) atoms. The van der Waals surface area contributed by atoms with E-state index in [1.165, 1.54) is 12.1 Å². The van der Waals surface area contributed by atoms with Crippen LogP contribution in [0.3, 0.4) is 0 Å². The first kappa shape index (κ1) is 11.3. The number of ether oxygens (including phenoxy) is 1. The maximum Gasteiger partial charge on any atom is 0.149 e. The predicted molar refractivity (Wildman–Crippen MR) is 58.4 cm³/mol. The van der Waals surface area contributed by atoms with E-state index < -0.39 is 11.6 Å². The van der Waals surface area contributed by atoms with Gasteiger partial charge in [0.2, 0.25) is 0 Å². The van der Waals surface area contributed by atoms with Gasteiger partial charge in [0.15, 0.2) is 0 Å². The molecule has 1 saturated heterocycles. The van der Waals surface area contributed by atoms with Gasteiger partial charge >= 0.3 is 0 Å². The Kier molecular flexibility index (Phi) is 3.72. The lowest BCUT2D eigenvalue weighted by Gasteiger charge is -2.17. The number of nitrogens with one attached hydrogen (secondary N) is 1. The summed E-state index contributed by atoms with van der Waals surface area (Å²) in [5, 5.41) is 3.09. The van der Waals surface area contributed by atoms with Gasteiger partial charge in [0.25, 0.3) is 0 Å². The maximum atomic E-state index is 13.4. The molecule has 0 radical (unpaired) electrons. The minimum atomic E-state index is -0.549. The second kappa shape index (κ2) is 5.25. The highest BCUT2D eigenvalue weighted by atomic mass is 19.1. The van der Waals surface area contributed by atoms with Crippen molar-refractivity contribution in [1.29, 1.82) is 0 Å². The summed E-state index contributed by atoms with van der Waals surface area (Å²) in [6, 6.07) is 3.81. The van der Waals surface area contributed by atoms with Gasteiger partial charge in [0, 0.05) is 25.3 Å². The predicted octanol–water partition coefficient (Wildman–Crippen LogP) is 2.95. The summed E-state index contributed by atoms with van der Waals surface area (Å²) < 4.78 is 31.4. The van der Waals surface area contributed by atoms with Crippen LogP contribution in [-0.4, -0.2) is 19.3 Å². The standard InChI is InChI=1S/C12H15F2NO/c13-9-3-4-12(11(14)8-9)15-10-2-1-6-16-7-5-10/h3-4,8,10,15H,1-2,5-7H2. The van der Waals surface area contributed by atoms with E-state index in [0.717, 1.165) is 31.9 Å². The van der Waals surface area contributed by atoms with Crippen LogP contribution in [0.5, 0.6) is 0 Å². The molecule has 2 nitrogen and oxygen atoms in total. The van der Waals surface area contributed by atoms with Crippen LogP contribution in [0.2, 0.25) is 0 Å². The molecule has 0 aliphatic carbocycles. The van der Waals surface area contributed by atoms with Gasteiger partial charge in [-0.15, -0.1) is 0 Å². The molecule has 0 spiro atoms. The largest absolute Gasteiger partial charge is 0.381 e. The Morgan fingerprint density at radius 3 is 2.88 bits per heavy atom. The first-order valence-electron chi connectivity index (χ1n) is 5.55. The number of anilines is 1. The normalized spacial score (nSPS) is 21.5. The van der Waals surface area contributed by atoms with E-state index in [1.54, 1.807) is 0 Å². The zero-order valence-electron chi connectivity index (χ0n) is 9.01. The van der Waals surface area contributed by atoms with Gasteiger partial charge in [-0.1, -0.05) is 0 Å². The van der Waals surface area contributed by atoms with Gasteiger partial charge < -0.3 is 10.1 Å². The average Bonchev–Trinajstić information content (AvgIpc) is 2.51. The molecule has 4 heteroatoms. The maximum absolute atomic E-state index is 13.4. The molecule has 88 valence electrons. The summed E-state index contributed by atoms with van der Waals surface area (Å²) in [7, 11) is 0. The number of benzene rings is 1. The van der Waals surface area contributed by atoms with Crippen molar-refractivity contribution < 1.29 is 13.5 Å². The van der Waals surface area contributed by atoms with E-state index in [1.807, 2.05) is 0 Å². The smallest absolute Gasteiger partial charge is 0.149 e. The molecule has 1 N–H and O–H groups in total. The Morgan fingerprint density at radius 1 is 1.19 bits per heavy atom. The number of rotatable bonds is 2. The lowest BCUT2D eigenvalue weighted by atomic mass is 10.1. The van der Waals surface area contributed by atoms with E-state index in [9.17, 15) is 8.78 Å². The summed E-state index contributed by atoms with van der Waals surface area (Å²) in [6.07, 6.45) is 2.79. The van der Waals surface area contributed by atoms with Gasteiger partial charge in [-0.2, -0.15) is 0 Å². The molecule has 2 rings (SSSR count). The van der Waals surface area contributed by atoms with E-state index in [2.05, 4.69) is 5.32 Å². The van der Waals surface area contributed by atoms with Crippen molar-refractivity contribution in [1.82, 2.24) is 0 Å². The fraction of sp³-hybridized carbons (Fsp3) is 0.500. The highest BCUT2D eigenvalue weighted by Crippen LogP contribution is 2.19. The van der Waals surface area contributed by atoms with Crippen molar-refractivity contribution in [2.24, 2.45) is 0 Å². The third kappa shape index (κ3) is 2.92. The molecule has 1 aromatic rings. The first-order valence-corrected chi connectivity index (χ1v) is 5.55. The van der Waals surface area contributed by atoms with Crippen LogP contribution in [0.4, 0.5) is 14.5 Å². The fourth-order valence-corrected chi connectivity index (χ4v) is 1.87. The number of halogens is 2. The first-order chi connectivity index (χ1) is 7.75. The summed E-state index contributed by atoms with van der Waals surface area (Å²) >= 11 is 0. The Labute approximate surface area is 93.6 Å². The van der Waals surface area contributed by atoms with Crippen LogP contribution in [0.15, 0.2) is 18.2 Å². The Morgan fingerprint density at radius 2 is 2.06 bits per heavy atom. The van der Waals surface area contributed by atoms with Crippen LogP contribution in [-0.2, 0) is 4.74 Å². The van der Waals surface area contributed by atoms with E-state index in [4.69, 9.17) is 4.74 Å². The van der Waals surface area contributed by atoms with Crippen molar-refractivity contribution in [2.75, 3.05) is 18.5 Å². The van der Waals surface area contributed by atoms with Crippen molar-refractivity contribution >= 4 is 5.69 Å². The van der Waals surface area contributed by atoms with Crippen molar-refractivity contribution in [3.05, 3.63) is 29.8 Å². The van der Waals surface area contributed by atoms with E-state index >= 15 is 0 Å². The SMILES string of the molecule is Fc1ccc(NC2CCCOCC2)c(F)c1. The quantitative estimate of drug-likeness (QED) is 0.838. The average molecular weight is 227 g/mol. The molecule has 0 saturated carbocycles. The second-order valence-electron chi connectivity index (χ2n) is 4.01. The van der Waals surface area contributed by atoms with E-state index in [0.29, 0.717) is 12.3 Å². The van der Waals surface area contributed by atoms with Crippen molar-refractivity contribution in [3.8, 4) is 0 Å². The molecule has 1 aliphatic heterocycles. The fourth-order valence-electron chi connectivity index (χ4n) is 1.87. The molecular weight excluding hydrogens is 212 g/mol. The molecular formula is C12H15F2NO. The monoisotopic (exact) mass is 227 g/mol. The Bertz CT molecular complexity index is 349. The highest BCUT2D eigenvalue weighted by molar-refractivity contribution is 5.45. The van der Waals surface area contributed by atoms with Crippen LogP contribution >= 0.6 is 0 Å². The van der Waals surface area contributed by atoms with Gasteiger partial charge in [-0.3, -0.25) is 0 Å². The number of hydrogen-bond acceptors (Lipinski definition) is 2. The molecule has 0 bridgehead atoms. The van der Waals surface area contributed by atoms with Gasteiger partial charge in [0.1, 0.15) is 11.6 Å². The molecule has 1 aliphatic rings. The van der Waals surface area contributed by atoms with Crippen molar-refractivity contribution in [2.45, 2.75) is 25.3 Å². The topological polar surface area (TPSA) is 21.3 Å². The van der Waals surface area contributed by atoms with Gasteiger partial charge in [0.05, 0.1) is 5.69 Å². The zero-order chi connectivity index (χ0) is 11.4. The summed E-state index contributed by atoms with van der Waals surface area (Å²) in [6.45, 7) is 1.46. The minimum absolute atomic E-state index is 0.211. The summed E-state index contributed by atoms with van der Waals surface area (Å²) in [5.74, 6) is -1.09. The molecule has 1 aromatic carbocycles. The zero-order valence-corrected chi connectivity index (χ0v) is 9.01. The van der Waals surface area contributed by atoms with Crippen LogP contribution < -0.4 is 5.32 Å². The number of hydrogen-bond donors (Lipinski definition) is 1.